The van der Waals surface area contributed by atoms with Crippen LogP contribution in [0, 0.1) is 32.1 Å². The topological polar surface area (TPSA) is 50.1 Å². The lowest BCUT2D eigenvalue weighted by molar-refractivity contribution is 0.0817. The standard InChI is InChI=1S/C19H19NO2/c1-12-8-14(3)18(9-13(12)2)19(21)15(4)22-17-7-5-6-16(10-17)11-20/h5-10,15H,1-4H3/t15-/m0/s1. The van der Waals surface area contributed by atoms with Crippen molar-refractivity contribution in [2.24, 2.45) is 0 Å². The summed E-state index contributed by atoms with van der Waals surface area (Å²) in [7, 11) is 0. The smallest absolute Gasteiger partial charge is 0.203 e. The first-order valence-electron chi connectivity index (χ1n) is 7.21. The van der Waals surface area contributed by atoms with Gasteiger partial charge in [-0.25, -0.2) is 0 Å². The van der Waals surface area contributed by atoms with Crippen LogP contribution in [0.4, 0.5) is 0 Å². The molecule has 112 valence electrons. The summed E-state index contributed by atoms with van der Waals surface area (Å²) >= 11 is 0. The Bertz CT molecular complexity index is 757. The third-order valence-corrected chi connectivity index (χ3v) is 3.75. The normalized spacial score (nSPS) is 11.6. The van der Waals surface area contributed by atoms with Crippen LogP contribution in [0.15, 0.2) is 36.4 Å². The molecule has 1 atom stereocenters. The Morgan fingerprint density at radius 3 is 2.45 bits per heavy atom. The van der Waals surface area contributed by atoms with Gasteiger partial charge in [0.25, 0.3) is 0 Å². The summed E-state index contributed by atoms with van der Waals surface area (Å²) in [6.45, 7) is 7.69. The number of ketones is 1. The fourth-order valence-electron chi connectivity index (χ4n) is 2.34. The molecular formula is C19H19NO2. The Kier molecular flexibility index (Phi) is 4.62. The van der Waals surface area contributed by atoms with Crippen LogP contribution in [-0.4, -0.2) is 11.9 Å². The number of Topliss-reactive ketones (excluding diaryl/α,β-unsaturated/α-hetero) is 1. The van der Waals surface area contributed by atoms with Crippen LogP contribution in [0.5, 0.6) is 5.75 Å². The molecule has 0 heterocycles. The van der Waals surface area contributed by atoms with Gasteiger partial charge in [-0.1, -0.05) is 12.1 Å². The third kappa shape index (κ3) is 3.35. The number of hydrogen-bond acceptors (Lipinski definition) is 3. The van der Waals surface area contributed by atoms with Crippen LogP contribution in [0.1, 0.15) is 39.5 Å². The molecule has 0 aliphatic heterocycles. The largest absolute Gasteiger partial charge is 0.483 e. The maximum absolute atomic E-state index is 12.6. The van der Waals surface area contributed by atoms with Crippen LogP contribution in [0.3, 0.4) is 0 Å². The van der Waals surface area contributed by atoms with Crippen LogP contribution in [0.25, 0.3) is 0 Å². The second-order valence-corrected chi connectivity index (χ2v) is 5.52. The summed E-state index contributed by atoms with van der Waals surface area (Å²) in [6, 6.07) is 12.8. The van der Waals surface area contributed by atoms with Crippen molar-refractivity contribution in [3.63, 3.8) is 0 Å². The van der Waals surface area contributed by atoms with Gasteiger partial charge in [0.1, 0.15) is 5.75 Å². The molecule has 0 bridgehead atoms. The van der Waals surface area contributed by atoms with E-state index in [0.29, 0.717) is 16.9 Å². The summed E-state index contributed by atoms with van der Waals surface area (Å²) in [5.41, 5.74) is 4.41. The van der Waals surface area contributed by atoms with Crippen LogP contribution in [-0.2, 0) is 0 Å². The van der Waals surface area contributed by atoms with E-state index in [1.54, 1.807) is 31.2 Å². The van der Waals surface area contributed by atoms with Crippen LogP contribution in [0.2, 0.25) is 0 Å². The number of aryl methyl sites for hydroxylation is 3. The van der Waals surface area contributed by atoms with Crippen LogP contribution >= 0.6 is 0 Å². The van der Waals surface area contributed by atoms with E-state index in [1.165, 1.54) is 5.56 Å². The summed E-state index contributed by atoms with van der Waals surface area (Å²) < 4.78 is 5.70. The molecule has 22 heavy (non-hydrogen) atoms. The van der Waals surface area contributed by atoms with Crippen molar-refractivity contribution in [2.75, 3.05) is 0 Å². The molecule has 0 aliphatic carbocycles. The molecule has 3 heteroatoms. The number of nitriles is 1. The molecule has 2 aromatic rings. The maximum atomic E-state index is 12.6. The Morgan fingerprint density at radius 1 is 1.09 bits per heavy atom. The Hall–Kier alpha value is -2.60. The summed E-state index contributed by atoms with van der Waals surface area (Å²) in [5, 5.41) is 8.90. The van der Waals surface area contributed by atoms with Crippen molar-refractivity contribution in [1.82, 2.24) is 0 Å². The van der Waals surface area contributed by atoms with E-state index in [4.69, 9.17) is 10.00 Å². The number of benzene rings is 2. The molecule has 0 saturated heterocycles. The minimum absolute atomic E-state index is 0.0528. The van der Waals surface area contributed by atoms with E-state index in [9.17, 15) is 4.79 Å². The van der Waals surface area contributed by atoms with Gasteiger partial charge in [-0.3, -0.25) is 4.79 Å². The van der Waals surface area contributed by atoms with E-state index < -0.39 is 6.10 Å². The highest BCUT2D eigenvalue weighted by molar-refractivity contribution is 6.00. The zero-order valence-electron chi connectivity index (χ0n) is 13.3. The highest BCUT2D eigenvalue weighted by Crippen LogP contribution is 2.20. The molecule has 2 aromatic carbocycles. The van der Waals surface area contributed by atoms with Gasteiger partial charge in [0, 0.05) is 5.56 Å². The van der Waals surface area contributed by atoms with Crippen molar-refractivity contribution in [3.8, 4) is 11.8 Å². The van der Waals surface area contributed by atoms with Crippen molar-refractivity contribution in [2.45, 2.75) is 33.8 Å². The quantitative estimate of drug-likeness (QED) is 0.796. The van der Waals surface area contributed by atoms with Crippen LogP contribution < -0.4 is 4.74 Å². The SMILES string of the molecule is Cc1cc(C)c(C(=O)[C@H](C)Oc2cccc(C#N)c2)cc1C. The minimum atomic E-state index is -0.602. The van der Waals surface area contributed by atoms with Crippen molar-refractivity contribution in [1.29, 1.82) is 5.26 Å². The Morgan fingerprint density at radius 2 is 1.77 bits per heavy atom. The van der Waals surface area contributed by atoms with E-state index in [1.807, 2.05) is 32.9 Å². The van der Waals surface area contributed by atoms with Gasteiger partial charge < -0.3 is 4.74 Å². The Balaban J connectivity index is 2.22. The van der Waals surface area contributed by atoms with Crippen molar-refractivity contribution < 1.29 is 9.53 Å². The summed E-state index contributed by atoms with van der Waals surface area (Å²) in [6.07, 6.45) is -0.602. The molecule has 2 rings (SSSR count). The van der Waals surface area contributed by atoms with Gasteiger partial charge in [0.2, 0.25) is 5.78 Å². The first-order valence-corrected chi connectivity index (χ1v) is 7.21. The van der Waals surface area contributed by atoms with E-state index >= 15 is 0 Å². The molecular weight excluding hydrogens is 274 g/mol. The molecule has 0 N–H and O–H groups in total. The van der Waals surface area contributed by atoms with Crippen molar-refractivity contribution in [3.05, 3.63) is 64.2 Å². The lowest BCUT2D eigenvalue weighted by Crippen LogP contribution is -2.24. The van der Waals surface area contributed by atoms with Crippen molar-refractivity contribution >= 4 is 5.78 Å². The predicted octanol–water partition coefficient (Wildman–Crippen LogP) is 4.13. The summed E-state index contributed by atoms with van der Waals surface area (Å²) in [5.74, 6) is 0.476. The molecule has 0 saturated carbocycles. The van der Waals surface area contributed by atoms with Gasteiger partial charge >= 0.3 is 0 Å². The fourth-order valence-corrected chi connectivity index (χ4v) is 2.34. The number of carbonyl (C=O) groups is 1. The zero-order valence-corrected chi connectivity index (χ0v) is 13.3. The van der Waals surface area contributed by atoms with Gasteiger partial charge in [-0.15, -0.1) is 0 Å². The number of hydrogen-bond donors (Lipinski definition) is 0. The average molecular weight is 293 g/mol. The lowest BCUT2D eigenvalue weighted by Gasteiger charge is -2.16. The minimum Gasteiger partial charge on any atom is -0.483 e. The van der Waals surface area contributed by atoms with E-state index in [2.05, 4.69) is 6.07 Å². The molecule has 0 aliphatic rings. The molecule has 0 radical (unpaired) electrons. The first-order chi connectivity index (χ1) is 10.4. The molecule has 3 nitrogen and oxygen atoms in total. The van der Waals surface area contributed by atoms with E-state index in [0.717, 1.165) is 11.1 Å². The number of ether oxygens (including phenoxy) is 1. The van der Waals surface area contributed by atoms with Gasteiger partial charge in [-0.05, 0) is 68.7 Å². The second-order valence-electron chi connectivity index (χ2n) is 5.52. The highest BCUT2D eigenvalue weighted by atomic mass is 16.5. The Labute approximate surface area is 131 Å². The zero-order chi connectivity index (χ0) is 16.3. The van der Waals surface area contributed by atoms with Gasteiger partial charge in [0.15, 0.2) is 6.10 Å². The number of carbonyl (C=O) groups excluding carboxylic acids is 1. The monoisotopic (exact) mass is 293 g/mol. The first kappa shape index (κ1) is 15.8. The average Bonchev–Trinajstić information content (AvgIpc) is 2.50. The molecule has 0 aromatic heterocycles. The lowest BCUT2D eigenvalue weighted by atomic mass is 9.96. The van der Waals surface area contributed by atoms with E-state index in [-0.39, 0.29) is 5.78 Å². The molecule has 0 unspecified atom stereocenters. The summed E-state index contributed by atoms with van der Waals surface area (Å²) in [4.78, 5) is 12.6. The molecule has 0 spiro atoms. The maximum Gasteiger partial charge on any atom is 0.203 e. The van der Waals surface area contributed by atoms with Gasteiger partial charge in [0.05, 0.1) is 11.6 Å². The number of nitrogens with zero attached hydrogens (tertiary/aromatic N) is 1. The highest BCUT2D eigenvalue weighted by Gasteiger charge is 2.19. The predicted molar refractivity (Wildman–Crippen MR) is 86.2 cm³/mol. The second kappa shape index (κ2) is 6.44. The third-order valence-electron chi connectivity index (χ3n) is 3.75. The number of rotatable bonds is 4. The molecule has 0 amide bonds. The fraction of sp³-hybridized carbons (Fsp3) is 0.263. The molecule has 0 fully saturated rings. The van der Waals surface area contributed by atoms with Gasteiger partial charge in [-0.2, -0.15) is 5.26 Å².